The van der Waals surface area contributed by atoms with Crippen LogP contribution < -0.4 is 0 Å². The van der Waals surface area contributed by atoms with Gasteiger partial charge < -0.3 is 10.0 Å². The number of hydrogen-bond donors (Lipinski definition) is 1. The molecular weight excluding hydrogens is 364 g/mol. The Morgan fingerprint density at radius 1 is 1.16 bits per heavy atom. The van der Waals surface area contributed by atoms with Crippen molar-refractivity contribution in [3.05, 3.63) is 0 Å². The highest BCUT2D eigenvalue weighted by Gasteiger charge is 2.54. The lowest BCUT2D eigenvalue weighted by Gasteiger charge is -2.36. The highest BCUT2D eigenvalue weighted by atomic mass is 32.2. The van der Waals surface area contributed by atoms with E-state index in [9.17, 15) is 18.0 Å². The number of carboxylic acids is 1. The smallest absolute Gasteiger partial charge is 0.303 e. The lowest BCUT2D eigenvalue weighted by atomic mass is 9.93. The largest absolute Gasteiger partial charge is 0.481 e. The molecule has 5 atom stereocenters. The Bertz CT molecular complexity index is 735. The normalized spacial score (nSPS) is 39.9. The summed E-state index contributed by atoms with van der Waals surface area (Å²) < 4.78 is 24.1. The van der Waals surface area contributed by atoms with E-state index in [0.29, 0.717) is 17.0 Å². The molecule has 2 saturated heterocycles. The van der Waals surface area contributed by atoms with Gasteiger partial charge in [0.15, 0.2) is 15.0 Å². The molecule has 0 unspecified atom stereocenters. The molecule has 4 fully saturated rings. The molecule has 25 heavy (non-hydrogen) atoms. The maximum Gasteiger partial charge on any atom is 0.303 e. The van der Waals surface area contributed by atoms with Gasteiger partial charge in [-0.3, -0.25) is 9.59 Å². The number of amides is 1. The number of carbonyl (C=O) groups excluding carboxylic acids is 1. The molecule has 2 aliphatic carbocycles. The number of fused-ring (bicyclic) bond motifs is 3. The fourth-order valence-electron chi connectivity index (χ4n) is 4.91. The molecule has 2 bridgehead atoms. The van der Waals surface area contributed by atoms with Crippen molar-refractivity contribution in [3.63, 3.8) is 0 Å². The fraction of sp³-hybridized carbons (Fsp3) is 0.812. The van der Waals surface area contributed by atoms with Gasteiger partial charge in [0.25, 0.3) is 0 Å². The first kappa shape index (κ1) is 17.3. The van der Waals surface area contributed by atoms with E-state index in [-0.39, 0.29) is 41.7 Å². The van der Waals surface area contributed by atoms with Crippen LogP contribution in [0.4, 0.5) is 0 Å². The molecule has 0 aromatic carbocycles. The van der Waals surface area contributed by atoms with Crippen LogP contribution in [0.15, 0.2) is 4.99 Å². The van der Waals surface area contributed by atoms with Crippen molar-refractivity contribution in [1.82, 2.24) is 4.90 Å². The fourth-order valence-corrected chi connectivity index (χ4v) is 8.90. The predicted octanol–water partition coefficient (Wildman–Crippen LogP) is 1.14. The second kappa shape index (κ2) is 6.26. The summed E-state index contributed by atoms with van der Waals surface area (Å²) in [5.41, 5.74) is 0. The average molecular weight is 386 g/mol. The van der Waals surface area contributed by atoms with Crippen LogP contribution in [-0.4, -0.2) is 64.3 Å². The van der Waals surface area contributed by atoms with Gasteiger partial charge in [-0.25, -0.2) is 8.42 Å². The molecule has 138 valence electrons. The summed E-state index contributed by atoms with van der Waals surface area (Å²) in [5, 5.41) is 9.29. The first-order valence-corrected chi connectivity index (χ1v) is 11.5. The number of thioether (sulfide) groups is 1. The number of aliphatic carboxylic acids is 1. The molecule has 2 aliphatic heterocycles. The molecular formula is C16H22N2O5S2. The van der Waals surface area contributed by atoms with Gasteiger partial charge in [-0.05, 0) is 31.1 Å². The monoisotopic (exact) mass is 386 g/mol. The van der Waals surface area contributed by atoms with Crippen molar-refractivity contribution in [2.24, 2.45) is 16.8 Å². The lowest BCUT2D eigenvalue weighted by molar-refractivity contribution is -0.138. The topological polar surface area (TPSA) is 104 Å². The highest BCUT2D eigenvalue weighted by molar-refractivity contribution is 8.15. The maximum absolute atomic E-state index is 12.1. The van der Waals surface area contributed by atoms with Gasteiger partial charge in [0.1, 0.15) is 0 Å². The van der Waals surface area contributed by atoms with Crippen molar-refractivity contribution in [1.29, 1.82) is 0 Å². The Hall–Kier alpha value is -1.09. The Morgan fingerprint density at radius 3 is 2.60 bits per heavy atom. The van der Waals surface area contributed by atoms with Crippen LogP contribution in [0, 0.1) is 11.8 Å². The lowest BCUT2D eigenvalue weighted by Crippen LogP contribution is -2.47. The number of sulfone groups is 1. The van der Waals surface area contributed by atoms with Gasteiger partial charge >= 0.3 is 5.97 Å². The quantitative estimate of drug-likeness (QED) is 0.772. The van der Waals surface area contributed by atoms with Crippen molar-refractivity contribution in [3.8, 4) is 0 Å². The van der Waals surface area contributed by atoms with E-state index in [0.717, 1.165) is 6.42 Å². The molecule has 0 radical (unpaired) electrons. The Morgan fingerprint density at radius 2 is 1.96 bits per heavy atom. The van der Waals surface area contributed by atoms with Gasteiger partial charge in [-0.2, -0.15) is 4.99 Å². The van der Waals surface area contributed by atoms with Crippen molar-refractivity contribution < 1.29 is 23.1 Å². The first-order valence-electron chi connectivity index (χ1n) is 8.81. The van der Waals surface area contributed by atoms with Crippen LogP contribution in [0.5, 0.6) is 0 Å². The minimum Gasteiger partial charge on any atom is -0.481 e. The van der Waals surface area contributed by atoms with Gasteiger partial charge in [0.2, 0.25) is 5.91 Å². The Balaban J connectivity index is 1.57. The van der Waals surface area contributed by atoms with E-state index in [1.807, 2.05) is 0 Å². The second-order valence-electron chi connectivity index (χ2n) is 7.63. The van der Waals surface area contributed by atoms with Gasteiger partial charge in [0.05, 0.1) is 24.0 Å². The number of carbonyl (C=O) groups is 2. The molecule has 0 spiro atoms. The summed E-state index contributed by atoms with van der Waals surface area (Å²) in [4.78, 5) is 29.0. The number of nitrogens with zero attached hydrogens (tertiary/aromatic N) is 2. The summed E-state index contributed by atoms with van der Waals surface area (Å²) in [6.45, 7) is 0. The SMILES string of the molecule is O=C(O)CCC(=O)N=C1S[C@H]2CS(=O)(=O)C[C@H]2N1[C@H]1C[C@H]2CC[C@@H]1C2. The number of aliphatic imine (C=N–C) groups is 1. The van der Waals surface area contributed by atoms with Crippen molar-refractivity contribution >= 4 is 38.6 Å². The molecule has 4 aliphatic rings. The predicted molar refractivity (Wildman–Crippen MR) is 94.2 cm³/mol. The summed E-state index contributed by atoms with van der Waals surface area (Å²) in [6, 6.07) is 0.186. The van der Waals surface area contributed by atoms with Crippen LogP contribution in [0.2, 0.25) is 0 Å². The zero-order valence-corrected chi connectivity index (χ0v) is 15.5. The van der Waals surface area contributed by atoms with Gasteiger partial charge in [-0.1, -0.05) is 18.2 Å². The average Bonchev–Trinajstić information content (AvgIpc) is 3.24. The Kier molecular flexibility index (Phi) is 4.34. The number of hydrogen-bond acceptors (Lipinski definition) is 5. The number of carboxylic acid groups (broad SMARTS) is 1. The van der Waals surface area contributed by atoms with E-state index in [2.05, 4.69) is 9.89 Å². The summed E-state index contributed by atoms with van der Waals surface area (Å²) in [7, 11) is -3.03. The summed E-state index contributed by atoms with van der Waals surface area (Å²) >= 11 is 1.40. The van der Waals surface area contributed by atoms with Crippen LogP contribution in [0.25, 0.3) is 0 Å². The zero-order valence-electron chi connectivity index (χ0n) is 13.8. The molecule has 4 rings (SSSR count). The van der Waals surface area contributed by atoms with Crippen LogP contribution in [0.3, 0.4) is 0 Å². The minimum atomic E-state index is -3.03. The number of rotatable bonds is 4. The molecule has 1 amide bonds. The maximum atomic E-state index is 12.1. The first-order chi connectivity index (χ1) is 11.8. The van der Waals surface area contributed by atoms with E-state index >= 15 is 0 Å². The minimum absolute atomic E-state index is 0.0600. The standard InChI is InChI=1S/C16H22N2O5S2/c19-14(3-4-15(20)21)17-16-18(11-6-9-1-2-10(11)5-9)12-7-25(22,23)8-13(12)24-16/h9-13H,1-8H2,(H,20,21)/t9-,10+,11-,12+,13-/m0/s1. The molecule has 7 nitrogen and oxygen atoms in total. The Labute approximate surface area is 151 Å². The van der Waals surface area contributed by atoms with Crippen molar-refractivity contribution in [2.75, 3.05) is 11.5 Å². The molecule has 1 N–H and O–H groups in total. The third-order valence-corrected chi connectivity index (χ3v) is 9.16. The molecule has 9 heteroatoms. The van der Waals surface area contributed by atoms with Crippen molar-refractivity contribution in [2.45, 2.75) is 55.9 Å². The molecule has 2 saturated carbocycles. The van der Waals surface area contributed by atoms with Crippen LogP contribution in [-0.2, 0) is 19.4 Å². The molecule has 0 aromatic rings. The highest BCUT2D eigenvalue weighted by Crippen LogP contribution is 2.51. The van der Waals surface area contributed by atoms with Crippen LogP contribution >= 0.6 is 11.8 Å². The third kappa shape index (κ3) is 3.32. The third-order valence-electron chi connectivity index (χ3n) is 5.94. The summed E-state index contributed by atoms with van der Waals surface area (Å²) in [5.74, 6) is 0.109. The number of amidine groups is 1. The second-order valence-corrected chi connectivity index (χ2v) is 11.0. The van der Waals surface area contributed by atoms with E-state index in [4.69, 9.17) is 5.11 Å². The molecule has 0 aromatic heterocycles. The van der Waals surface area contributed by atoms with E-state index in [1.54, 1.807) is 0 Å². The van der Waals surface area contributed by atoms with E-state index in [1.165, 1.54) is 31.0 Å². The van der Waals surface area contributed by atoms with Crippen LogP contribution in [0.1, 0.15) is 38.5 Å². The molecule has 2 heterocycles. The summed E-state index contributed by atoms with van der Waals surface area (Å²) in [6.07, 6.45) is 4.32. The van der Waals surface area contributed by atoms with Gasteiger partial charge in [-0.15, -0.1) is 0 Å². The van der Waals surface area contributed by atoms with Gasteiger partial charge in [0, 0.05) is 17.7 Å². The zero-order chi connectivity index (χ0) is 17.8. The van der Waals surface area contributed by atoms with E-state index < -0.39 is 21.7 Å².